The number of anilines is 1. The van der Waals surface area contributed by atoms with Crippen LogP contribution in [0.4, 0.5) is 5.82 Å². The summed E-state index contributed by atoms with van der Waals surface area (Å²) in [5.41, 5.74) is 7.35. The zero-order valence-corrected chi connectivity index (χ0v) is 12.4. The molecule has 1 aliphatic rings. The highest BCUT2D eigenvalue weighted by atomic mass is 79.9. The molecular formula is C11H18BrN3S. The van der Waals surface area contributed by atoms with Crippen molar-refractivity contribution in [1.82, 2.24) is 9.78 Å². The van der Waals surface area contributed by atoms with Gasteiger partial charge in [0.2, 0.25) is 0 Å². The minimum atomic E-state index is 0.275. The van der Waals surface area contributed by atoms with E-state index in [4.69, 9.17) is 5.73 Å². The molecule has 0 aromatic carbocycles. The third kappa shape index (κ3) is 1.99. The van der Waals surface area contributed by atoms with Gasteiger partial charge in [0.05, 0.1) is 16.2 Å². The molecular weight excluding hydrogens is 286 g/mol. The summed E-state index contributed by atoms with van der Waals surface area (Å²) in [6.07, 6.45) is 1.22. The molecule has 0 aliphatic carbocycles. The second-order valence-corrected chi connectivity index (χ2v) is 7.00. The molecule has 3 nitrogen and oxygen atoms in total. The fourth-order valence-corrected chi connectivity index (χ4v) is 4.02. The Labute approximate surface area is 109 Å². The zero-order chi connectivity index (χ0) is 11.9. The number of thioether (sulfide) groups is 1. The van der Waals surface area contributed by atoms with Crippen LogP contribution in [0.5, 0.6) is 0 Å². The lowest BCUT2D eigenvalue weighted by molar-refractivity contribution is 0.211. The monoisotopic (exact) mass is 303 g/mol. The Bertz CT molecular complexity index is 400. The van der Waals surface area contributed by atoms with Crippen LogP contribution in [0.3, 0.4) is 0 Å². The van der Waals surface area contributed by atoms with Gasteiger partial charge < -0.3 is 5.73 Å². The summed E-state index contributed by atoms with van der Waals surface area (Å²) in [6, 6.07) is 0.399. The van der Waals surface area contributed by atoms with Gasteiger partial charge in [-0.15, -0.1) is 0 Å². The molecule has 0 saturated carbocycles. The highest BCUT2D eigenvalue weighted by Crippen LogP contribution is 2.43. The van der Waals surface area contributed by atoms with Crippen molar-refractivity contribution in [2.75, 3.05) is 17.2 Å². The Morgan fingerprint density at radius 2 is 2.25 bits per heavy atom. The summed E-state index contributed by atoms with van der Waals surface area (Å²) < 4.78 is 2.95. The Hall–Kier alpha value is -0.160. The number of nitrogens with zero attached hydrogens (tertiary/aromatic N) is 2. The van der Waals surface area contributed by atoms with Crippen LogP contribution in [0.1, 0.15) is 32.0 Å². The van der Waals surface area contributed by atoms with Crippen LogP contribution in [0.15, 0.2) is 4.47 Å². The molecule has 90 valence electrons. The topological polar surface area (TPSA) is 43.8 Å². The molecule has 16 heavy (non-hydrogen) atoms. The van der Waals surface area contributed by atoms with Crippen molar-refractivity contribution in [1.29, 1.82) is 0 Å². The molecule has 0 amide bonds. The van der Waals surface area contributed by atoms with Crippen LogP contribution in [0.25, 0.3) is 0 Å². The fraction of sp³-hybridized carbons (Fsp3) is 0.727. The van der Waals surface area contributed by atoms with Crippen LogP contribution in [-0.4, -0.2) is 21.3 Å². The van der Waals surface area contributed by atoms with Crippen LogP contribution in [0, 0.1) is 12.3 Å². The smallest absolute Gasteiger partial charge is 0.136 e. The van der Waals surface area contributed by atoms with Gasteiger partial charge in [0.25, 0.3) is 0 Å². The molecule has 1 aliphatic heterocycles. The first kappa shape index (κ1) is 12.3. The van der Waals surface area contributed by atoms with Gasteiger partial charge in [-0.25, -0.2) is 4.68 Å². The SMILES string of the molecule is Cc1nn(C2CSCCC2(C)C)c(N)c1Br. The van der Waals surface area contributed by atoms with Crippen LogP contribution >= 0.6 is 27.7 Å². The molecule has 2 heterocycles. The predicted octanol–water partition coefficient (Wildman–Crippen LogP) is 3.24. The summed E-state index contributed by atoms with van der Waals surface area (Å²) in [7, 11) is 0. The quantitative estimate of drug-likeness (QED) is 0.866. The van der Waals surface area contributed by atoms with Crippen molar-refractivity contribution in [3.63, 3.8) is 0 Å². The number of nitrogen functional groups attached to an aromatic ring is 1. The van der Waals surface area contributed by atoms with Gasteiger partial charge in [0.1, 0.15) is 5.82 Å². The molecule has 1 unspecified atom stereocenters. The van der Waals surface area contributed by atoms with E-state index in [-0.39, 0.29) is 5.41 Å². The molecule has 1 saturated heterocycles. The van der Waals surface area contributed by atoms with Crippen molar-refractivity contribution in [2.45, 2.75) is 33.2 Å². The zero-order valence-electron chi connectivity index (χ0n) is 9.96. The number of hydrogen-bond donors (Lipinski definition) is 1. The lowest BCUT2D eigenvalue weighted by Crippen LogP contribution is -2.34. The summed E-state index contributed by atoms with van der Waals surface area (Å²) in [6.45, 7) is 6.60. The van der Waals surface area contributed by atoms with E-state index in [0.29, 0.717) is 6.04 Å². The van der Waals surface area contributed by atoms with Crippen LogP contribution in [0.2, 0.25) is 0 Å². The summed E-state index contributed by atoms with van der Waals surface area (Å²) in [5, 5.41) is 4.56. The maximum atomic E-state index is 6.10. The number of halogens is 1. The maximum Gasteiger partial charge on any atom is 0.136 e. The van der Waals surface area contributed by atoms with E-state index >= 15 is 0 Å². The molecule has 2 N–H and O–H groups in total. The standard InChI is InChI=1S/C11H18BrN3S/c1-7-9(12)10(13)15(14-7)8-6-16-5-4-11(8,2)3/h8H,4-6,13H2,1-3H3. The highest BCUT2D eigenvalue weighted by molar-refractivity contribution is 9.10. The second-order valence-electron chi connectivity index (χ2n) is 5.06. The molecule has 0 bridgehead atoms. The molecule has 1 fully saturated rings. The van der Waals surface area contributed by atoms with Crippen molar-refractivity contribution < 1.29 is 0 Å². The molecule has 1 atom stereocenters. The number of hydrogen-bond acceptors (Lipinski definition) is 3. The third-order valence-electron chi connectivity index (χ3n) is 3.41. The second kappa shape index (κ2) is 4.26. The number of aryl methyl sites for hydroxylation is 1. The molecule has 5 heteroatoms. The van der Waals surface area contributed by atoms with Gasteiger partial charge in [0, 0.05) is 5.75 Å². The number of nitrogens with two attached hydrogens (primary N) is 1. The van der Waals surface area contributed by atoms with Crippen LogP contribution in [-0.2, 0) is 0 Å². The van der Waals surface area contributed by atoms with Gasteiger partial charge in [-0.2, -0.15) is 16.9 Å². The molecule has 0 radical (unpaired) electrons. The lowest BCUT2D eigenvalue weighted by atomic mass is 9.82. The normalized spacial score (nSPS) is 24.6. The first-order valence-corrected chi connectivity index (χ1v) is 7.46. The minimum Gasteiger partial charge on any atom is -0.383 e. The maximum absolute atomic E-state index is 6.10. The van der Waals surface area contributed by atoms with E-state index in [1.807, 2.05) is 23.4 Å². The first-order chi connectivity index (χ1) is 7.43. The van der Waals surface area contributed by atoms with Gasteiger partial charge in [-0.1, -0.05) is 13.8 Å². The Morgan fingerprint density at radius 1 is 1.56 bits per heavy atom. The Morgan fingerprint density at radius 3 is 2.75 bits per heavy atom. The van der Waals surface area contributed by atoms with E-state index in [2.05, 4.69) is 34.9 Å². The Balaban J connectivity index is 2.39. The van der Waals surface area contributed by atoms with Gasteiger partial charge in [0.15, 0.2) is 0 Å². The van der Waals surface area contributed by atoms with Crippen molar-refractivity contribution in [3.05, 3.63) is 10.2 Å². The fourth-order valence-electron chi connectivity index (χ4n) is 2.11. The van der Waals surface area contributed by atoms with E-state index in [1.54, 1.807) is 0 Å². The number of rotatable bonds is 1. The van der Waals surface area contributed by atoms with Crippen molar-refractivity contribution in [3.8, 4) is 0 Å². The summed E-state index contributed by atoms with van der Waals surface area (Å²) in [5.74, 6) is 3.10. The lowest BCUT2D eigenvalue weighted by Gasteiger charge is -2.38. The minimum absolute atomic E-state index is 0.275. The van der Waals surface area contributed by atoms with E-state index in [1.165, 1.54) is 12.2 Å². The van der Waals surface area contributed by atoms with E-state index in [0.717, 1.165) is 21.7 Å². The molecule has 1 aromatic rings. The molecule has 2 rings (SSSR count). The molecule has 0 spiro atoms. The number of aromatic nitrogens is 2. The van der Waals surface area contributed by atoms with E-state index in [9.17, 15) is 0 Å². The predicted molar refractivity (Wildman–Crippen MR) is 73.8 cm³/mol. The highest BCUT2D eigenvalue weighted by Gasteiger charge is 2.36. The largest absolute Gasteiger partial charge is 0.383 e. The third-order valence-corrected chi connectivity index (χ3v) is 5.44. The average molecular weight is 304 g/mol. The Kier molecular flexibility index (Phi) is 3.27. The van der Waals surface area contributed by atoms with Gasteiger partial charge in [-0.3, -0.25) is 0 Å². The summed E-state index contributed by atoms with van der Waals surface area (Å²) in [4.78, 5) is 0. The first-order valence-electron chi connectivity index (χ1n) is 5.51. The molecule has 1 aromatic heterocycles. The summed E-state index contributed by atoms with van der Waals surface area (Å²) >= 11 is 5.48. The van der Waals surface area contributed by atoms with Crippen LogP contribution < -0.4 is 5.73 Å². The average Bonchev–Trinajstić information content (AvgIpc) is 2.46. The van der Waals surface area contributed by atoms with Gasteiger partial charge in [-0.05, 0) is 40.4 Å². The van der Waals surface area contributed by atoms with Crippen molar-refractivity contribution in [2.24, 2.45) is 5.41 Å². The van der Waals surface area contributed by atoms with E-state index < -0.39 is 0 Å². The van der Waals surface area contributed by atoms with Gasteiger partial charge >= 0.3 is 0 Å². The van der Waals surface area contributed by atoms with Crippen molar-refractivity contribution >= 4 is 33.5 Å².